The van der Waals surface area contributed by atoms with Gasteiger partial charge in [0.1, 0.15) is 0 Å². The van der Waals surface area contributed by atoms with E-state index in [4.69, 9.17) is 0 Å². The van der Waals surface area contributed by atoms with E-state index in [1.54, 1.807) is 0 Å². The Bertz CT molecular complexity index is 440. The molecule has 0 radical (unpaired) electrons. The fourth-order valence-corrected chi connectivity index (χ4v) is 1.97. The van der Waals surface area contributed by atoms with E-state index in [0.29, 0.717) is 0 Å². The van der Waals surface area contributed by atoms with Crippen LogP contribution in [-0.2, 0) is 0 Å². The summed E-state index contributed by atoms with van der Waals surface area (Å²) in [5.74, 6) is -40.6. The van der Waals surface area contributed by atoms with Crippen LogP contribution in [0, 0.1) is 0 Å². The first kappa shape index (κ1) is 24.6. The molecule has 24 heavy (non-hydrogen) atoms. The zero-order valence-electron chi connectivity index (χ0n) is 11.3. The van der Waals surface area contributed by atoms with Gasteiger partial charge in [0, 0.05) is 13.3 Å². The summed E-state index contributed by atoms with van der Waals surface area (Å²) in [5, 5.41) is 0. The number of rotatable bonds is 8. The van der Waals surface area contributed by atoms with Crippen molar-refractivity contribution < 1.29 is 52.7 Å². The standard InChI is InChI=1S/C10H8F12I2/c1-5(11,12)7(15,16)9(19,20)10(21,22)8(17,18)6(13,14)3-2-4(23)24/h4H,2-3H2,1H3. The Labute approximate surface area is 155 Å². The van der Waals surface area contributed by atoms with Gasteiger partial charge in [0.15, 0.2) is 0 Å². The quantitative estimate of drug-likeness (QED) is 0.161. The summed E-state index contributed by atoms with van der Waals surface area (Å²) >= 11 is 2.85. The van der Waals surface area contributed by atoms with Gasteiger partial charge < -0.3 is 0 Å². The molecule has 146 valence electrons. The Kier molecular flexibility index (Phi) is 7.16. The molecule has 0 unspecified atom stereocenters. The van der Waals surface area contributed by atoms with Crippen molar-refractivity contribution in [2.75, 3.05) is 0 Å². The van der Waals surface area contributed by atoms with Gasteiger partial charge >= 0.3 is 35.5 Å². The van der Waals surface area contributed by atoms with Crippen LogP contribution >= 0.6 is 45.2 Å². The van der Waals surface area contributed by atoms with Gasteiger partial charge in [0.05, 0.1) is 1.93 Å². The Hall–Kier alpha value is 0.620. The van der Waals surface area contributed by atoms with Crippen molar-refractivity contribution in [2.45, 2.75) is 57.2 Å². The van der Waals surface area contributed by atoms with Gasteiger partial charge in [0.25, 0.3) is 0 Å². The van der Waals surface area contributed by atoms with Gasteiger partial charge in [-0.3, -0.25) is 0 Å². The SMILES string of the molecule is CC(F)(F)C(F)(F)C(F)(F)C(F)(F)C(F)(F)C(F)(F)CCC(I)I. The van der Waals surface area contributed by atoms with E-state index in [0.717, 1.165) is 0 Å². The molecule has 0 nitrogen and oxygen atoms in total. The van der Waals surface area contributed by atoms with Crippen LogP contribution in [0.1, 0.15) is 19.8 Å². The van der Waals surface area contributed by atoms with Gasteiger partial charge in [-0.2, -0.15) is 52.7 Å². The van der Waals surface area contributed by atoms with Crippen LogP contribution in [0.4, 0.5) is 52.7 Å². The highest BCUT2D eigenvalue weighted by Gasteiger charge is 2.89. The van der Waals surface area contributed by atoms with E-state index in [1.165, 1.54) is 45.2 Å². The highest BCUT2D eigenvalue weighted by Crippen LogP contribution is 2.60. The Morgan fingerprint density at radius 3 is 1.25 bits per heavy atom. The third-order valence-electron chi connectivity index (χ3n) is 2.87. The van der Waals surface area contributed by atoms with Gasteiger partial charge in [-0.1, -0.05) is 45.2 Å². The first-order valence-electron chi connectivity index (χ1n) is 5.72. The van der Waals surface area contributed by atoms with Crippen LogP contribution in [0.15, 0.2) is 0 Å². The van der Waals surface area contributed by atoms with Crippen LogP contribution < -0.4 is 0 Å². The van der Waals surface area contributed by atoms with Gasteiger partial charge in [0.2, 0.25) is 0 Å². The lowest BCUT2D eigenvalue weighted by Gasteiger charge is -2.40. The fraction of sp³-hybridized carbons (Fsp3) is 1.00. The second kappa shape index (κ2) is 6.98. The molecule has 0 aliphatic heterocycles. The summed E-state index contributed by atoms with van der Waals surface area (Å²) in [6, 6.07) is 0. The molecule has 0 fully saturated rings. The van der Waals surface area contributed by atoms with Crippen LogP contribution in [-0.4, -0.2) is 37.5 Å². The predicted octanol–water partition coefficient (Wildman–Crippen LogP) is 6.79. The molecule has 0 aromatic rings. The highest BCUT2D eigenvalue weighted by molar-refractivity contribution is 14.2. The maximum absolute atomic E-state index is 13.3. The monoisotopic (exact) mass is 610 g/mol. The molecule has 0 bridgehead atoms. The molecule has 0 saturated carbocycles. The third-order valence-corrected chi connectivity index (χ3v) is 4.12. The Morgan fingerprint density at radius 1 is 0.625 bits per heavy atom. The Balaban J connectivity index is 6.01. The van der Waals surface area contributed by atoms with Crippen LogP contribution in [0.25, 0.3) is 0 Å². The molecule has 0 saturated heterocycles. The maximum Gasteiger partial charge on any atom is 0.384 e. The van der Waals surface area contributed by atoms with Crippen molar-refractivity contribution in [3.05, 3.63) is 0 Å². The Morgan fingerprint density at radius 2 is 0.958 bits per heavy atom. The van der Waals surface area contributed by atoms with Gasteiger partial charge in [-0.05, 0) is 6.42 Å². The largest absolute Gasteiger partial charge is 0.384 e. The molecule has 0 spiro atoms. The van der Waals surface area contributed by atoms with Crippen molar-refractivity contribution in [1.82, 2.24) is 0 Å². The van der Waals surface area contributed by atoms with Gasteiger partial charge in [-0.15, -0.1) is 0 Å². The van der Waals surface area contributed by atoms with Crippen molar-refractivity contribution in [1.29, 1.82) is 0 Å². The summed E-state index contributed by atoms with van der Waals surface area (Å²) in [6.45, 7) is -0.927. The van der Waals surface area contributed by atoms with Gasteiger partial charge in [-0.25, -0.2) is 0 Å². The molecule has 14 heteroatoms. The maximum atomic E-state index is 13.3. The number of alkyl halides is 14. The lowest BCUT2D eigenvalue weighted by molar-refractivity contribution is -0.423. The number of hydrogen-bond donors (Lipinski definition) is 0. The molecular weight excluding hydrogens is 602 g/mol. The molecule has 0 atom stereocenters. The first-order valence-corrected chi connectivity index (χ1v) is 8.21. The van der Waals surface area contributed by atoms with E-state index in [9.17, 15) is 52.7 Å². The molecule has 0 aromatic heterocycles. The average molecular weight is 610 g/mol. The van der Waals surface area contributed by atoms with Crippen LogP contribution in [0.3, 0.4) is 0 Å². The zero-order valence-corrected chi connectivity index (χ0v) is 15.6. The number of hydrogen-bond acceptors (Lipinski definition) is 0. The summed E-state index contributed by atoms with van der Waals surface area (Å²) in [7, 11) is 0. The summed E-state index contributed by atoms with van der Waals surface area (Å²) in [5.41, 5.74) is 0. The van der Waals surface area contributed by atoms with Crippen LogP contribution in [0.2, 0.25) is 0 Å². The molecule has 0 aliphatic rings. The first-order chi connectivity index (χ1) is 10.2. The van der Waals surface area contributed by atoms with E-state index >= 15 is 0 Å². The fourth-order valence-electron chi connectivity index (χ4n) is 1.35. The van der Waals surface area contributed by atoms with E-state index in [2.05, 4.69) is 0 Å². The highest BCUT2D eigenvalue weighted by atomic mass is 127. The molecule has 0 aliphatic carbocycles. The molecular formula is C10H8F12I2. The van der Waals surface area contributed by atoms with Crippen molar-refractivity contribution in [3.63, 3.8) is 0 Å². The van der Waals surface area contributed by atoms with E-state index < -0.39 is 57.2 Å². The molecule has 0 rings (SSSR count). The minimum Gasteiger partial charge on any atom is -0.200 e. The van der Waals surface area contributed by atoms with Crippen molar-refractivity contribution in [3.8, 4) is 0 Å². The molecule has 0 N–H and O–H groups in total. The zero-order chi connectivity index (χ0) is 20.0. The molecule has 0 aromatic carbocycles. The normalized spacial score (nSPS) is 16.0. The minimum absolute atomic E-state index is 0.794. The summed E-state index contributed by atoms with van der Waals surface area (Å²) < 4.78 is 156. The summed E-state index contributed by atoms with van der Waals surface area (Å²) in [4.78, 5) is 0. The van der Waals surface area contributed by atoms with Crippen LogP contribution in [0.5, 0.6) is 0 Å². The van der Waals surface area contributed by atoms with E-state index in [1.807, 2.05) is 0 Å². The van der Waals surface area contributed by atoms with E-state index in [-0.39, 0.29) is 0 Å². The average Bonchev–Trinajstić information content (AvgIpc) is 2.34. The lowest BCUT2D eigenvalue weighted by Crippen LogP contribution is -2.70. The second-order valence-corrected chi connectivity index (χ2v) is 10.2. The topological polar surface area (TPSA) is 0 Å². The van der Waals surface area contributed by atoms with Crippen molar-refractivity contribution >= 4 is 45.2 Å². The minimum atomic E-state index is -7.45. The van der Waals surface area contributed by atoms with Crippen molar-refractivity contribution in [2.24, 2.45) is 0 Å². The summed E-state index contributed by atoms with van der Waals surface area (Å²) in [6.07, 6.45) is -2.90. The lowest BCUT2D eigenvalue weighted by atomic mass is 9.90. The molecule has 0 heterocycles. The third kappa shape index (κ3) is 3.97. The molecule has 0 amide bonds. The predicted molar refractivity (Wildman–Crippen MR) is 76.4 cm³/mol. The second-order valence-electron chi connectivity index (χ2n) is 4.82. The number of halogens is 14. The smallest absolute Gasteiger partial charge is 0.200 e.